The Kier molecular flexibility index (Phi) is 4.98. The van der Waals surface area contributed by atoms with Gasteiger partial charge in [0.15, 0.2) is 0 Å². The van der Waals surface area contributed by atoms with E-state index in [1.54, 1.807) is 13.0 Å². The van der Waals surface area contributed by atoms with Crippen LogP contribution in [0.25, 0.3) is 0 Å². The van der Waals surface area contributed by atoms with E-state index in [1.165, 1.54) is 12.3 Å². The van der Waals surface area contributed by atoms with E-state index >= 15 is 0 Å². The lowest BCUT2D eigenvalue weighted by Crippen LogP contribution is -2.53. The number of nitrogens with zero attached hydrogens (tertiary/aromatic N) is 1. The number of rotatable bonds is 4. The maximum absolute atomic E-state index is 11.8. The molecule has 1 saturated heterocycles. The van der Waals surface area contributed by atoms with Gasteiger partial charge in [-0.15, -0.1) is 0 Å². The summed E-state index contributed by atoms with van der Waals surface area (Å²) in [4.78, 5) is 38.0. The molecule has 1 aliphatic rings. The molecule has 3 amide bonds. The molecule has 1 aliphatic heterocycles. The summed E-state index contributed by atoms with van der Waals surface area (Å²) in [6.07, 6.45) is 4.94. The van der Waals surface area contributed by atoms with Gasteiger partial charge in [-0.3, -0.25) is 24.7 Å². The van der Waals surface area contributed by atoms with Crippen molar-refractivity contribution in [1.29, 1.82) is 0 Å². The van der Waals surface area contributed by atoms with Crippen molar-refractivity contribution < 1.29 is 14.4 Å². The van der Waals surface area contributed by atoms with E-state index in [4.69, 9.17) is 0 Å². The highest BCUT2D eigenvalue weighted by Crippen LogP contribution is 2.04. The molecule has 0 saturated carbocycles. The zero-order valence-corrected chi connectivity index (χ0v) is 10.1. The van der Waals surface area contributed by atoms with Gasteiger partial charge in [0, 0.05) is 12.6 Å². The summed E-state index contributed by atoms with van der Waals surface area (Å²) in [5, 5.41) is 4.69. The SMILES string of the molecule is C=C/N=C(\C=C/C)C(=O)NC1CCC(=O)NC1=O. The minimum absolute atomic E-state index is 0.164. The van der Waals surface area contributed by atoms with E-state index in [0.717, 1.165) is 0 Å². The summed E-state index contributed by atoms with van der Waals surface area (Å²) in [5.74, 6) is -1.28. The first-order valence-electron chi connectivity index (χ1n) is 5.54. The molecule has 6 nitrogen and oxygen atoms in total. The molecule has 0 aromatic rings. The van der Waals surface area contributed by atoms with Crippen LogP contribution in [-0.2, 0) is 14.4 Å². The molecule has 0 aliphatic carbocycles. The van der Waals surface area contributed by atoms with Crippen LogP contribution in [0.4, 0.5) is 0 Å². The smallest absolute Gasteiger partial charge is 0.270 e. The van der Waals surface area contributed by atoms with Gasteiger partial charge in [-0.2, -0.15) is 0 Å². The summed E-state index contributed by atoms with van der Waals surface area (Å²) in [5.41, 5.74) is 0.164. The molecule has 18 heavy (non-hydrogen) atoms. The van der Waals surface area contributed by atoms with Crippen molar-refractivity contribution >= 4 is 23.4 Å². The van der Waals surface area contributed by atoms with E-state index in [1.807, 2.05) is 0 Å². The van der Waals surface area contributed by atoms with Crippen molar-refractivity contribution in [2.24, 2.45) is 4.99 Å². The van der Waals surface area contributed by atoms with Crippen LogP contribution in [0.5, 0.6) is 0 Å². The molecular formula is C12H15N3O3. The Morgan fingerprint density at radius 1 is 1.56 bits per heavy atom. The normalized spacial score (nSPS) is 20.7. The van der Waals surface area contributed by atoms with Crippen LogP contribution in [0.2, 0.25) is 0 Å². The molecular weight excluding hydrogens is 234 g/mol. The van der Waals surface area contributed by atoms with Crippen LogP contribution < -0.4 is 10.6 Å². The van der Waals surface area contributed by atoms with E-state index in [9.17, 15) is 14.4 Å². The molecule has 1 fully saturated rings. The number of carbonyl (C=O) groups excluding carboxylic acids is 3. The maximum Gasteiger partial charge on any atom is 0.270 e. The van der Waals surface area contributed by atoms with Gasteiger partial charge in [0.1, 0.15) is 11.8 Å². The van der Waals surface area contributed by atoms with Gasteiger partial charge in [0.25, 0.3) is 5.91 Å². The highest BCUT2D eigenvalue weighted by atomic mass is 16.2. The average Bonchev–Trinajstić information content (AvgIpc) is 2.32. The number of aliphatic imine (C=N–C) groups is 1. The summed E-state index contributed by atoms with van der Waals surface area (Å²) >= 11 is 0. The number of imide groups is 1. The topological polar surface area (TPSA) is 87.6 Å². The number of carbonyl (C=O) groups is 3. The van der Waals surface area contributed by atoms with Crippen molar-refractivity contribution in [2.75, 3.05) is 0 Å². The summed E-state index contributed by atoms with van der Waals surface area (Å²) in [6, 6.07) is -0.699. The standard InChI is InChI=1S/C12H15N3O3/c1-3-5-8(13-4-2)11(17)14-9-6-7-10(16)15-12(9)18/h3-5,9H,2,6-7H2,1H3,(H,14,17)(H,15,16,18)/b5-3-,13-8+. The van der Waals surface area contributed by atoms with Crippen molar-refractivity contribution in [3.05, 3.63) is 24.9 Å². The molecule has 1 heterocycles. The highest BCUT2D eigenvalue weighted by Gasteiger charge is 2.28. The highest BCUT2D eigenvalue weighted by molar-refractivity contribution is 6.43. The number of amides is 3. The molecule has 96 valence electrons. The van der Waals surface area contributed by atoms with Crippen molar-refractivity contribution in [3.63, 3.8) is 0 Å². The van der Waals surface area contributed by atoms with Crippen LogP contribution >= 0.6 is 0 Å². The van der Waals surface area contributed by atoms with E-state index in [-0.39, 0.29) is 18.0 Å². The Labute approximate surface area is 105 Å². The molecule has 6 heteroatoms. The second kappa shape index (κ2) is 6.48. The Hall–Kier alpha value is -2.24. The Balaban J connectivity index is 2.69. The number of nitrogens with one attached hydrogen (secondary N) is 2. The molecule has 1 atom stereocenters. The van der Waals surface area contributed by atoms with Crippen LogP contribution in [-0.4, -0.2) is 29.5 Å². The van der Waals surface area contributed by atoms with Gasteiger partial charge < -0.3 is 5.32 Å². The number of hydrogen-bond acceptors (Lipinski definition) is 4. The fourth-order valence-electron chi connectivity index (χ4n) is 1.50. The molecule has 0 radical (unpaired) electrons. The lowest BCUT2D eigenvalue weighted by Gasteiger charge is -2.21. The molecule has 0 aromatic carbocycles. The first-order chi connectivity index (χ1) is 8.58. The number of piperidine rings is 1. The van der Waals surface area contributed by atoms with Crippen LogP contribution in [0.15, 0.2) is 29.9 Å². The zero-order valence-electron chi connectivity index (χ0n) is 10.1. The van der Waals surface area contributed by atoms with Gasteiger partial charge in [-0.25, -0.2) is 0 Å². The van der Waals surface area contributed by atoms with Crippen LogP contribution in [0, 0.1) is 0 Å². The number of allylic oxidation sites excluding steroid dienone is 1. The lowest BCUT2D eigenvalue weighted by molar-refractivity contribution is -0.136. The second-order valence-electron chi connectivity index (χ2n) is 3.67. The predicted molar refractivity (Wildman–Crippen MR) is 66.8 cm³/mol. The quantitative estimate of drug-likeness (QED) is 0.546. The molecule has 0 aromatic heterocycles. The Bertz CT molecular complexity index is 438. The van der Waals surface area contributed by atoms with E-state index in [2.05, 4.69) is 22.2 Å². The van der Waals surface area contributed by atoms with Gasteiger partial charge in [0.2, 0.25) is 11.8 Å². The van der Waals surface area contributed by atoms with E-state index < -0.39 is 17.9 Å². The molecule has 1 unspecified atom stereocenters. The lowest BCUT2D eigenvalue weighted by atomic mass is 10.1. The third-order valence-electron chi connectivity index (χ3n) is 2.33. The minimum atomic E-state index is -0.699. The second-order valence-corrected chi connectivity index (χ2v) is 3.67. The molecule has 0 spiro atoms. The average molecular weight is 249 g/mol. The number of hydrogen-bond donors (Lipinski definition) is 2. The maximum atomic E-state index is 11.8. The largest absolute Gasteiger partial charge is 0.339 e. The van der Waals surface area contributed by atoms with Gasteiger partial charge in [-0.05, 0) is 19.4 Å². The predicted octanol–water partition coefficient (Wildman–Crippen LogP) is 0.0684. The van der Waals surface area contributed by atoms with E-state index in [0.29, 0.717) is 6.42 Å². The van der Waals surface area contributed by atoms with Crippen molar-refractivity contribution in [1.82, 2.24) is 10.6 Å². The van der Waals surface area contributed by atoms with Crippen LogP contribution in [0.3, 0.4) is 0 Å². The fraction of sp³-hybridized carbons (Fsp3) is 0.333. The molecule has 0 bridgehead atoms. The summed E-state index contributed by atoms with van der Waals surface area (Å²) < 4.78 is 0. The Morgan fingerprint density at radius 3 is 2.83 bits per heavy atom. The monoisotopic (exact) mass is 249 g/mol. The van der Waals surface area contributed by atoms with Gasteiger partial charge in [-0.1, -0.05) is 12.7 Å². The van der Waals surface area contributed by atoms with Gasteiger partial charge in [0.05, 0.1) is 0 Å². The first kappa shape index (κ1) is 13.8. The van der Waals surface area contributed by atoms with Crippen molar-refractivity contribution in [2.45, 2.75) is 25.8 Å². The zero-order chi connectivity index (χ0) is 13.5. The Morgan fingerprint density at radius 2 is 2.28 bits per heavy atom. The summed E-state index contributed by atoms with van der Waals surface area (Å²) in [6.45, 7) is 5.16. The first-order valence-corrected chi connectivity index (χ1v) is 5.54. The molecule has 1 rings (SSSR count). The third-order valence-corrected chi connectivity index (χ3v) is 2.33. The van der Waals surface area contributed by atoms with Crippen LogP contribution in [0.1, 0.15) is 19.8 Å². The van der Waals surface area contributed by atoms with Crippen molar-refractivity contribution in [3.8, 4) is 0 Å². The fourth-order valence-corrected chi connectivity index (χ4v) is 1.50. The minimum Gasteiger partial charge on any atom is -0.339 e. The molecule has 2 N–H and O–H groups in total. The third kappa shape index (κ3) is 3.65. The van der Waals surface area contributed by atoms with Gasteiger partial charge >= 0.3 is 0 Å². The summed E-state index contributed by atoms with van der Waals surface area (Å²) in [7, 11) is 0.